The average Bonchev–Trinajstić information content (AvgIpc) is 2.49. The Kier molecular flexibility index (Phi) is 4.99. The molecular formula is C13H11FN4O3S. The first kappa shape index (κ1) is 15.8. The van der Waals surface area contributed by atoms with Crippen LogP contribution in [-0.2, 0) is 4.79 Å². The summed E-state index contributed by atoms with van der Waals surface area (Å²) >= 11 is 1.14. The van der Waals surface area contributed by atoms with Crippen molar-refractivity contribution in [2.75, 3.05) is 5.32 Å². The van der Waals surface area contributed by atoms with Gasteiger partial charge in [0.1, 0.15) is 0 Å². The highest BCUT2D eigenvalue weighted by atomic mass is 32.2. The van der Waals surface area contributed by atoms with E-state index in [9.17, 15) is 19.3 Å². The molecule has 0 fully saturated rings. The third-order valence-corrected chi connectivity index (χ3v) is 3.59. The molecule has 9 heteroatoms. The van der Waals surface area contributed by atoms with Gasteiger partial charge in [0.05, 0.1) is 10.2 Å². The molecule has 1 amide bonds. The van der Waals surface area contributed by atoms with Gasteiger partial charge in [-0.25, -0.2) is 9.97 Å². The van der Waals surface area contributed by atoms with E-state index in [1.54, 1.807) is 25.4 Å². The Morgan fingerprint density at radius 1 is 1.41 bits per heavy atom. The molecule has 0 saturated carbocycles. The highest BCUT2D eigenvalue weighted by molar-refractivity contribution is 8.00. The number of aromatic nitrogens is 2. The van der Waals surface area contributed by atoms with Gasteiger partial charge in [0.15, 0.2) is 5.16 Å². The molecule has 0 aliphatic carbocycles. The van der Waals surface area contributed by atoms with Gasteiger partial charge in [-0.05, 0) is 25.1 Å². The highest BCUT2D eigenvalue weighted by Crippen LogP contribution is 2.23. The van der Waals surface area contributed by atoms with Gasteiger partial charge in [0.25, 0.3) is 0 Å². The number of nitrogens with zero attached hydrogens (tertiary/aromatic N) is 3. The van der Waals surface area contributed by atoms with Gasteiger partial charge >= 0.3 is 5.69 Å². The lowest BCUT2D eigenvalue weighted by Gasteiger charge is -2.10. The number of amides is 1. The van der Waals surface area contributed by atoms with Crippen molar-refractivity contribution < 1.29 is 14.1 Å². The standard InChI is InChI=1S/C13H11FN4O3S/c1-8(22-13-15-5-2-6-16-13)12(19)17-9-3-4-10(14)11(7-9)18(20)21/h2-8H,1H3,(H,17,19)/t8-/m0/s1. The van der Waals surface area contributed by atoms with E-state index in [4.69, 9.17) is 0 Å². The van der Waals surface area contributed by atoms with Crippen LogP contribution in [0.25, 0.3) is 0 Å². The highest BCUT2D eigenvalue weighted by Gasteiger charge is 2.19. The second kappa shape index (κ2) is 6.94. The van der Waals surface area contributed by atoms with Crippen molar-refractivity contribution in [1.82, 2.24) is 9.97 Å². The number of benzene rings is 1. The Morgan fingerprint density at radius 3 is 2.73 bits per heavy atom. The third kappa shape index (κ3) is 3.98. The van der Waals surface area contributed by atoms with Crippen LogP contribution in [-0.4, -0.2) is 26.0 Å². The maximum atomic E-state index is 13.2. The van der Waals surface area contributed by atoms with Crippen LogP contribution < -0.4 is 5.32 Å². The van der Waals surface area contributed by atoms with Crippen molar-refractivity contribution in [2.24, 2.45) is 0 Å². The van der Waals surface area contributed by atoms with Crippen molar-refractivity contribution in [1.29, 1.82) is 0 Å². The fourth-order valence-electron chi connectivity index (χ4n) is 1.53. The topological polar surface area (TPSA) is 98.0 Å². The van der Waals surface area contributed by atoms with Crippen molar-refractivity contribution in [3.8, 4) is 0 Å². The average molecular weight is 322 g/mol. The van der Waals surface area contributed by atoms with Crippen molar-refractivity contribution in [3.63, 3.8) is 0 Å². The Morgan fingerprint density at radius 2 is 2.09 bits per heavy atom. The lowest BCUT2D eigenvalue weighted by molar-refractivity contribution is -0.387. The number of rotatable bonds is 5. The first-order chi connectivity index (χ1) is 10.5. The summed E-state index contributed by atoms with van der Waals surface area (Å²) in [4.78, 5) is 29.8. The van der Waals surface area contributed by atoms with E-state index < -0.39 is 27.6 Å². The van der Waals surface area contributed by atoms with Crippen LogP contribution in [0.3, 0.4) is 0 Å². The Hall–Kier alpha value is -2.55. The maximum Gasteiger partial charge on any atom is 0.306 e. The SMILES string of the molecule is C[C@H](Sc1ncccn1)C(=O)Nc1ccc(F)c([N+](=O)[O-])c1. The second-order valence-electron chi connectivity index (χ2n) is 4.20. The molecule has 0 saturated heterocycles. The number of halogens is 1. The van der Waals surface area contributed by atoms with Gasteiger partial charge in [-0.15, -0.1) is 0 Å². The van der Waals surface area contributed by atoms with E-state index in [-0.39, 0.29) is 5.69 Å². The van der Waals surface area contributed by atoms with Crippen LogP contribution in [0.1, 0.15) is 6.92 Å². The number of hydrogen-bond donors (Lipinski definition) is 1. The van der Waals surface area contributed by atoms with E-state index in [1.165, 1.54) is 6.07 Å². The zero-order chi connectivity index (χ0) is 16.1. The molecule has 0 aliphatic rings. The van der Waals surface area contributed by atoms with Gasteiger partial charge in [-0.3, -0.25) is 14.9 Å². The summed E-state index contributed by atoms with van der Waals surface area (Å²) in [6.07, 6.45) is 3.12. The van der Waals surface area contributed by atoms with Gasteiger partial charge in [-0.1, -0.05) is 11.8 Å². The minimum absolute atomic E-state index is 0.152. The monoisotopic (exact) mass is 322 g/mol. The van der Waals surface area contributed by atoms with Crippen molar-refractivity contribution in [2.45, 2.75) is 17.3 Å². The summed E-state index contributed by atoms with van der Waals surface area (Å²) in [5.74, 6) is -1.35. The molecule has 2 rings (SSSR count). The molecule has 0 bridgehead atoms. The van der Waals surface area contributed by atoms with E-state index in [2.05, 4.69) is 15.3 Å². The summed E-state index contributed by atoms with van der Waals surface area (Å²) in [7, 11) is 0. The van der Waals surface area contributed by atoms with Gasteiger partial charge in [0, 0.05) is 24.1 Å². The van der Waals surface area contributed by atoms with E-state index in [0.29, 0.717) is 5.16 Å². The molecule has 1 heterocycles. The second-order valence-corrected chi connectivity index (χ2v) is 5.51. The normalized spacial score (nSPS) is 11.7. The lowest BCUT2D eigenvalue weighted by Crippen LogP contribution is -2.22. The van der Waals surface area contributed by atoms with E-state index in [1.807, 2.05) is 0 Å². The van der Waals surface area contributed by atoms with Crippen molar-refractivity contribution in [3.05, 3.63) is 52.6 Å². The van der Waals surface area contributed by atoms with Crippen molar-refractivity contribution >= 4 is 29.0 Å². The first-order valence-electron chi connectivity index (χ1n) is 6.16. The summed E-state index contributed by atoms with van der Waals surface area (Å²) in [5.41, 5.74) is -0.538. The first-order valence-corrected chi connectivity index (χ1v) is 7.04. The summed E-state index contributed by atoms with van der Waals surface area (Å²) < 4.78 is 13.2. The van der Waals surface area contributed by atoms with Gasteiger partial charge < -0.3 is 5.32 Å². The number of anilines is 1. The minimum atomic E-state index is -0.955. The molecule has 114 valence electrons. The predicted molar refractivity (Wildman–Crippen MR) is 79.0 cm³/mol. The zero-order valence-corrected chi connectivity index (χ0v) is 12.2. The third-order valence-electron chi connectivity index (χ3n) is 2.60. The summed E-state index contributed by atoms with van der Waals surface area (Å²) in [6.45, 7) is 1.65. The summed E-state index contributed by atoms with van der Waals surface area (Å²) in [6, 6.07) is 4.83. The lowest BCUT2D eigenvalue weighted by atomic mass is 10.2. The van der Waals surface area contributed by atoms with Crippen LogP contribution in [0.15, 0.2) is 41.8 Å². The molecule has 1 N–H and O–H groups in total. The number of nitro groups is 1. The zero-order valence-electron chi connectivity index (χ0n) is 11.4. The molecule has 1 aromatic heterocycles. The number of nitrogens with one attached hydrogen (secondary N) is 1. The van der Waals surface area contributed by atoms with Gasteiger partial charge in [-0.2, -0.15) is 4.39 Å². The number of thioether (sulfide) groups is 1. The maximum absolute atomic E-state index is 13.2. The van der Waals surface area contributed by atoms with Crippen LogP contribution in [0.2, 0.25) is 0 Å². The molecular weight excluding hydrogens is 311 g/mol. The largest absolute Gasteiger partial charge is 0.325 e. The Bertz CT molecular complexity index is 699. The molecule has 7 nitrogen and oxygen atoms in total. The predicted octanol–water partition coefficient (Wildman–Crippen LogP) is 2.64. The van der Waals surface area contributed by atoms with Crippen LogP contribution in [0, 0.1) is 15.9 Å². The van der Waals surface area contributed by atoms with Crippen LogP contribution in [0.4, 0.5) is 15.8 Å². The van der Waals surface area contributed by atoms with Gasteiger partial charge in [0.2, 0.25) is 11.7 Å². The molecule has 2 aromatic rings. The molecule has 22 heavy (non-hydrogen) atoms. The number of hydrogen-bond acceptors (Lipinski definition) is 6. The molecule has 1 atom stereocenters. The fourth-order valence-corrected chi connectivity index (χ4v) is 2.26. The Labute approximate surface area is 129 Å². The molecule has 0 spiro atoms. The van der Waals surface area contributed by atoms with E-state index in [0.717, 1.165) is 23.9 Å². The molecule has 0 radical (unpaired) electrons. The quantitative estimate of drug-likeness (QED) is 0.393. The van der Waals surface area contributed by atoms with E-state index >= 15 is 0 Å². The minimum Gasteiger partial charge on any atom is -0.325 e. The molecule has 0 unspecified atom stereocenters. The smallest absolute Gasteiger partial charge is 0.306 e. The summed E-state index contributed by atoms with van der Waals surface area (Å²) in [5, 5.41) is 13.1. The van der Waals surface area contributed by atoms with Crippen LogP contribution in [0.5, 0.6) is 0 Å². The number of carbonyl (C=O) groups excluding carboxylic acids is 1. The fraction of sp³-hybridized carbons (Fsp3) is 0.154. The molecule has 1 aromatic carbocycles. The number of carbonyl (C=O) groups is 1. The number of nitro benzene ring substituents is 1. The van der Waals surface area contributed by atoms with Crippen LogP contribution >= 0.6 is 11.8 Å². The Balaban J connectivity index is 2.05. The molecule has 0 aliphatic heterocycles.